The number of nitrogens with zero attached hydrogens (tertiary/aromatic N) is 4. The van der Waals surface area contributed by atoms with E-state index >= 15 is 0 Å². The quantitative estimate of drug-likeness (QED) is 0.736. The zero-order chi connectivity index (χ0) is 14.1. The van der Waals surface area contributed by atoms with Crippen molar-refractivity contribution in [2.45, 2.75) is 0 Å². The first kappa shape index (κ1) is 12.6. The minimum Gasteiger partial charge on any atom is -0.397 e. The van der Waals surface area contributed by atoms with Gasteiger partial charge in [-0.25, -0.2) is 4.39 Å². The fourth-order valence-corrected chi connectivity index (χ4v) is 1.90. The molecule has 2 N–H and O–H groups in total. The van der Waals surface area contributed by atoms with Gasteiger partial charge < -0.3 is 5.73 Å². The molecule has 0 saturated heterocycles. The van der Waals surface area contributed by atoms with E-state index in [1.54, 1.807) is 0 Å². The fraction of sp³-hybridized carbons (Fsp3) is 0. The SMILES string of the molecule is Nc1cc(F)c(Cl)cc1-n1nnc(-c2ccccc2)n1. The van der Waals surface area contributed by atoms with E-state index in [1.165, 1.54) is 10.9 Å². The Morgan fingerprint density at radius 2 is 1.90 bits per heavy atom. The van der Waals surface area contributed by atoms with Gasteiger partial charge in [0.15, 0.2) is 0 Å². The average molecular weight is 290 g/mol. The molecule has 0 amide bonds. The topological polar surface area (TPSA) is 69.6 Å². The molecule has 1 aromatic heterocycles. The van der Waals surface area contributed by atoms with Gasteiger partial charge in [-0.2, -0.15) is 0 Å². The van der Waals surface area contributed by atoms with Gasteiger partial charge >= 0.3 is 0 Å². The van der Waals surface area contributed by atoms with Gasteiger partial charge in [0, 0.05) is 11.6 Å². The maximum atomic E-state index is 13.3. The molecule has 1 heterocycles. The molecule has 3 rings (SSSR count). The molecular weight excluding hydrogens is 281 g/mol. The molecule has 100 valence electrons. The van der Waals surface area contributed by atoms with Gasteiger partial charge in [-0.1, -0.05) is 41.9 Å². The van der Waals surface area contributed by atoms with Crippen LogP contribution in [0.1, 0.15) is 0 Å². The molecule has 0 aliphatic heterocycles. The monoisotopic (exact) mass is 289 g/mol. The van der Waals surface area contributed by atoms with Crippen LogP contribution in [0.3, 0.4) is 0 Å². The first-order valence-corrected chi connectivity index (χ1v) is 6.13. The number of nitrogen functional groups attached to an aromatic ring is 1. The first-order valence-electron chi connectivity index (χ1n) is 5.75. The van der Waals surface area contributed by atoms with Crippen LogP contribution in [0.2, 0.25) is 5.02 Å². The predicted molar refractivity (Wildman–Crippen MR) is 74.0 cm³/mol. The Morgan fingerprint density at radius 3 is 2.65 bits per heavy atom. The van der Waals surface area contributed by atoms with Crippen molar-refractivity contribution < 1.29 is 4.39 Å². The van der Waals surface area contributed by atoms with Crippen molar-refractivity contribution in [3.05, 3.63) is 53.3 Å². The van der Waals surface area contributed by atoms with Crippen molar-refractivity contribution in [3.8, 4) is 17.1 Å². The van der Waals surface area contributed by atoms with Gasteiger partial charge in [-0.05, 0) is 11.3 Å². The third kappa shape index (κ3) is 2.21. The Balaban J connectivity index is 2.05. The van der Waals surface area contributed by atoms with Crippen LogP contribution in [-0.4, -0.2) is 20.2 Å². The summed E-state index contributed by atoms with van der Waals surface area (Å²) in [5.41, 5.74) is 7.13. The van der Waals surface area contributed by atoms with Crippen molar-refractivity contribution in [1.82, 2.24) is 20.2 Å². The molecule has 0 fully saturated rings. The number of benzene rings is 2. The number of anilines is 1. The largest absolute Gasteiger partial charge is 0.397 e. The molecule has 0 aliphatic rings. The van der Waals surface area contributed by atoms with Gasteiger partial charge in [0.1, 0.15) is 11.5 Å². The van der Waals surface area contributed by atoms with E-state index < -0.39 is 5.82 Å². The maximum Gasteiger partial charge on any atom is 0.205 e. The third-order valence-electron chi connectivity index (χ3n) is 2.73. The van der Waals surface area contributed by atoms with Crippen molar-refractivity contribution in [3.63, 3.8) is 0 Å². The highest BCUT2D eigenvalue weighted by atomic mass is 35.5. The molecular formula is C13H9ClFN5. The van der Waals surface area contributed by atoms with Crippen molar-refractivity contribution in [2.75, 3.05) is 5.73 Å². The van der Waals surface area contributed by atoms with Crippen LogP contribution in [0.4, 0.5) is 10.1 Å². The second-order valence-corrected chi connectivity index (χ2v) is 4.50. The first-order chi connectivity index (χ1) is 9.65. The maximum absolute atomic E-state index is 13.3. The number of nitrogens with two attached hydrogens (primary N) is 1. The standard InChI is InChI=1S/C13H9ClFN5/c14-9-6-12(11(16)7-10(9)15)20-18-13(17-19-20)8-4-2-1-3-5-8/h1-7H,16H2. The number of rotatable bonds is 2. The van der Waals surface area contributed by atoms with E-state index in [9.17, 15) is 4.39 Å². The number of aromatic nitrogens is 4. The van der Waals surface area contributed by atoms with Crippen LogP contribution >= 0.6 is 11.6 Å². The summed E-state index contributed by atoms with van der Waals surface area (Å²) in [6, 6.07) is 11.9. The Morgan fingerprint density at radius 1 is 1.15 bits per heavy atom. The second kappa shape index (κ2) is 4.90. The number of hydrogen-bond acceptors (Lipinski definition) is 4. The van der Waals surface area contributed by atoms with Crippen LogP contribution in [0, 0.1) is 5.82 Å². The average Bonchev–Trinajstić information content (AvgIpc) is 2.93. The van der Waals surface area contributed by atoms with Crippen molar-refractivity contribution >= 4 is 17.3 Å². The molecule has 0 saturated carbocycles. The molecule has 20 heavy (non-hydrogen) atoms. The van der Waals surface area contributed by atoms with Crippen LogP contribution in [-0.2, 0) is 0 Å². The molecule has 3 aromatic rings. The van der Waals surface area contributed by atoms with E-state index in [2.05, 4.69) is 15.4 Å². The number of hydrogen-bond donors (Lipinski definition) is 1. The number of tetrazole rings is 1. The van der Waals surface area contributed by atoms with Crippen LogP contribution in [0.5, 0.6) is 0 Å². The Labute approximate surface area is 118 Å². The van der Waals surface area contributed by atoms with Gasteiger partial charge in [0.2, 0.25) is 5.82 Å². The van der Waals surface area contributed by atoms with Crippen molar-refractivity contribution in [2.24, 2.45) is 0 Å². The zero-order valence-corrected chi connectivity index (χ0v) is 10.9. The highest BCUT2D eigenvalue weighted by molar-refractivity contribution is 6.31. The Hall–Kier alpha value is -2.47. The molecule has 0 unspecified atom stereocenters. The lowest BCUT2D eigenvalue weighted by Gasteiger charge is -2.04. The minimum atomic E-state index is -0.587. The molecule has 0 spiro atoms. The third-order valence-corrected chi connectivity index (χ3v) is 3.02. The second-order valence-electron chi connectivity index (χ2n) is 4.09. The summed E-state index contributed by atoms with van der Waals surface area (Å²) in [5.74, 6) is -0.137. The molecule has 0 aliphatic carbocycles. The lowest BCUT2D eigenvalue weighted by atomic mass is 10.2. The summed E-state index contributed by atoms with van der Waals surface area (Å²) in [6.07, 6.45) is 0. The van der Waals surface area contributed by atoms with Crippen molar-refractivity contribution in [1.29, 1.82) is 0 Å². The van der Waals surface area contributed by atoms with Gasteiger partial charge in [0.25, 0.3) is 0 Å². The van der Waals surface area contributed by atoms with E-state index in [1.807, 2.05) is 30.3 Å². The summed E-state index contributed by atoms with van der Waals surface area (Å²) >= 11 is 5.74. The Kier molecular flexibility index (Phi) is 3.08. The molecule has 5 nitrogen and oxygen atoms in total. The number of halogens is 2. The lowest BCUT2D eigenvalue weighted by molar-refractivity contribution is 0.627. The van der Waals surface area contributed by atoms with Crippen LogP contribution < -0.4 is 5.73 Å². The Bertz CT molecular complexity index is 757. The molecule has 0 bridgehead atoms. The zero-order valence-electron chi connectivity index (χ0n) is 10.2. The summed E-state index contributed by atoms with van der Waals surface area (Å²) < 4.78 is 13.3. The highest BCUT2D eigenvalue weighted by Gasteiger charge is 2.12. The summed E-state index contributed by atoms with van der Waals surface area (Å²) in [6.45, 7) is 0. The molecule has 0 radical (unpaired) electrons. The summed E-state index contributed by atoms with van der Waals surface area (Å²) in [4.78, 5) is 1.23. The van der Waals surface area contributed by atoms with Gasteiger partial charge in [0.05, 0.1) is 10.7 Å². The molecule has 0 atom stereocenters. The van der Waals surface area contributed by atoms with E-state index in [-0.39, 0.29) is 10.7 Å². The van der Waals surface area contributed by atoms with Crippen LogP contribution in [0.25, 0.3) is 17.1 Å². The molecule has 2 aromatic carbocycles. The molecule has 7 heteroatoms. The van der Waals surface area contributed by atoms with Crippen LogP contribution in [0.15, 0.2) is 42.5 Å². The summed E-state index contributed by atoms with van der Waals surface area (Å²) in [5, 5.41) is 12.0. The fourth-order valence-electron chi connectivity index (χ4n) is 1.74. The lowest BCUT2D eigenvalue weighted by Crippen LogP contribution is -2.04. The van der Waals surface area contributed by atoms with Gasteiger partial charge in [-0.15, -0.1) is 15.0 Å². The van der Waals surface area contributed by atoms with E-state index in [0.717, 1.165) is 11.6 Å². The smallest absolute Gasteiger partial charge is 0.205 e. The van der Waals surface area contributed by atoms with E-state index in [4.69, 9.17) is 17.3 Å². The van der Waals surface area contributed by atoms with Gasteiger partial charge in [-0.3, -0.25) is 0 Å². The van der Waals surface area contributed by atoms with E-state index in [0.29, 0.717) is 11.5 Å². The highest BCUT2D eigenvalue weighted by Crippen LogP contribution is 2.24. The minimum absolute atomic E-state index is 0.0484. The predicted octanol–water partition coefficient (Wildman–Crippen LogP) is 2.70. The normalized spacial score (nSPS) is 10.7. The summed E-state index contributed by atoms with van der Waals surface area (Å²) in [7, 11) is 0.